The highest BCUT2D eigenvalue weighted by atomic mass is 32.2. The van der Waals surface area contributed by atoms with Gasteiger partial charge in [0.15, 0.2) is 5.72 Å². The van der Waals surface area contributed by atoms with Crippen molar-refractivity contribution in [2.24, 2.45) is 11.1 Å². The zero-order chi connectivity index (χ0) is 26.8. The van der Waals surface area contributed by atoms with Crippen molar-refractivity contribution < 1.29 is 30.7 Å². The second-order valence-corrected chi connectivity index (χ2v) is 12.7. The molecule has 3 aromatic carbocycles. The zero-order valence-corrected chi connectivity index (χ0v) is 21.7. The summed E-state index contributed by atoms with van der Waals surface area (Å²) in [4.78, 5) is -0.753. The molecular formula is C27H25NO7S2. The Balaban J connectivity index is 1.62. The molecule has 0 amide bonds. The number of benzene rings is 3. The molecule has 0 radical (unpaired) electrons. The van der Waals surface area contributed by atoms with E-state index < -0.39 is 36.3 Å². The lowest BCUT2D eigenvalue weighted by molar-refractivity contribution is 0.0326. The van der Waals surface area contributed by atoms with Gasteiger partial charge in [0.1, 0.15) is 5.75 Å². The van der Waals surface area contributed by atoms with Gasteiger partial charge in [0.05, 0.1) is 9.79 Å². The van der Waals surface area contributed by atoms with Crippen molar-refractivity contribution in [2.75, 3.05) is 0 Å². The number of hydrogen-bond donors (Lipinski definition) is 3. The largest absolute Gasteiger partial charge is 0.468 e. The normalized spacial score (nSPS) is 20.2. The first-order chi connectivity index (χ1) is 17.2. The smallest absolute Gasteiger partial charge is 0.294 e. The van der Waals surface area contributed by atoms with E-state index in [2.05, 4.69) is 0 Å². The molecule has 0 bridgehead atoms. The van der Waals surface area contributed by atoms with Crippen molar-refractivity contribution in [3.63, 3.8) is 0 Å². The summed E-state index contributed by atoms with van der Waals surface area (Å²) in [5.41, 5.74) is 8.68. The molecule has 1 atom stereocenters. The molecule has 2 aliphatic carbocycles. The third kappa shape index (κ3) is 4.51. The van der Waals surface area contributed by atoms with E-state index in [9.17, 15) is 25.9 Å². The van der Waals surface area contributed by atoms with Gasteiger partial charge in [-0.1, -0.05) is 62.4 Å². The first-order valence-electron chi connectivity index (χ1n) is 11.4. The van der Waals surface area contributed by atoms with Crippen LogP contribution in [0.15, 0.2) is 88.7 Å². The highest BCUT2D eigenvalue weighted by Crippen LogP contribution is 2.47. The van der Waals surface area contributed by atoms with Gasteiger partial charge in [-0.05, 0) is 52.1 Å². The highest BCUT2D eigenvalue weighted by Gasteiger charge is 2.44. The Labute approximate surface area is 215 Å². The summed E-state index contributed by atoms with van der Waals surface area (Å²) in [5.74, 6) is 0.145. The standard InChI is InChI=1S/C27H25NO7S2/c1-26(2)16-19(17-6-4-3-5-7-17)10-11-27(26,28)35-25-15-21(37(32,33)34)14-23-22-13-20(36(29,30)31)9-8-18(22)12-24(23)25/h3-11,13-16H,12,28H2,1-2H3,(H,29,30,31)(H,32,33,34). The van der Waals surface area contributed by atoms with E-state index in [1.54, 1.807) is 12.1 Å². The Morgan fingerprint density at radius 1 is 0.865 bits per heavy atom. The van der Waals surface area contributed by atoms with Crippen LogP contribution < -0.4 is 10.5 Å². The minimum absolute atomic E-state index is 0.145. The molecule has 10 heteroatoms. The van der Waals surface area contributed by atoms with Crippen molar-refractivity contribution in [2.45, 2.75) is 35.8 Å². The van der Waals surface area contributed by atoms with Gasteiger partial charge < -0.3 is 4.74 Å². The molecule has 0 fully saturated rings. The maximum atomic E-state index is 12.1. The first-order valence-corrected chi connectivity index (χ1v) is 14.3. The minimum Gasteiger partial charge on any atom is -0.468 e. The number of rotatable bonds is 5. The Hall–Kier alpha value is -3.28. The monoisotopic (exact) mass is 539 g/mol. The molecule has 0 aliphatic heterocycles. The number of hydrogen-bond acceptors (Lipinski definition) is 6. The predicted molar refractivity (Wildman–Crippen MR) is 139 cm³/mol. The first kappa shape index (κ1) is 25.4. The van der Waals surface area contributed by atoms with Crippen molar-refractivity contribution in [3.05, 3.63) is 95.6 Å². The molecule has 0 spiro atoms. The van der Waals surface area contributed by atoms with Gasteiger partial charge in [0.2, 0.25) is 0 Å². The predicted octanol–water partition coefficient (Wildman–Crippen LogP) is 4.46. The lowest BCUT2D eigenvalue weighted by atomic mass is 9.75. The van der Waals surface area contributed by atoms with Crippen LogP contribution >= 0.6 is 0 Å². The van der Waals surface area contributed by atoms with Crippen LogP contribution in [0.4, 0.5) is 0 Å². The molecule has 0 heterocycles. The van der Waals surface area contributed by atoms with Crippen LogP contribution in [0.3, 0.4) is 0 Å². The maximum absolute atomic E-state index is 12.1. The summed E-state index contributed by atoms with van der Waals surface area (Å²) < 4.78 is 73.4. The van der Waals surface area contributed by atoms with Crippen molar-refractivity contribution in [1.29, 1.82) is 0 Å². The number of allylic oxidation sites excluding steroid dienone is 2. The van der Waals surface area contributed by atoms with Gasteiger partial charge in [0.25, 0.3) is 20.2 Å². The van der Waals surface area contributed by atoms with Crippen molar-refractivity contribution in [1.82, 2.24) is 0 Å². The topological polar surface area (TPSA) is 144 Å². The van der Waals surface area contributed by atoms with Gasteiger partial charge in [-0.3, -0.25) is 14.8 Å². The maximum Gasteiger partial charge on any atom is 0.294 e. The number of fused-ring (bicyclic) bond motifs is 3. The molecule has 0 saturated heterocycles. The molecular weight excluding hydrogens is 514 g/mol. The van der Waals surface area contributed by atoms with Crippen molar-refractivity contribution in [3.8, 4) is 16.9 Å². The summed E-state index contributed by atoms with van der Waals surface area (Å²) in [6, 6.07) is 16.3. The SMILES string of the molecule is CC1(C)C=C(c2ccccc2)C=CC1(N)Oc1cc(S(=O)(=O)O)cc2c1Cc1ccc(S(=O)(=O)O)cc1-2. The summed E-state index contributed by atoms with van der Waals surface area (Å²) in [7, 11) is -9.13. The second-order valence-electron chi connectivity index (χ2n) is 9.81. The molecule has 8 nitrogen and oxygen atoms in total. The van der Waals surface area contributed by atoms with Crippen molar-refractivity contribution >= 4 is 25.8 Å². The van der Waals surface area contributed by atoms with Crippen LogP contribution in [0, 0.1) is 5.41 Å². The van der Waals surface area contributed by atoms with Gasteiger partial charge in [-0.25, -0.2) is 0 Å². The molecule has 1 unspecified atom stereocenters. The lowest BCUT2D eigenvalue weighted by Crippen LogP contribution is -2.56. The van der Waals surface area contributed by atoms with Gasteiger partial charge >= 0.3 is 0 Å². The minimum atomic E-state index is -4.64. The van der Waals surface area contributed by atoms with E-state index >= 15 is 0 Å². The Bertz CT molecular complexity index is 1710. The fraction of sp³-hybridized carbons (Fsp3) is 0.185. The Morgan fingerprint density at radius 2 is 1.51 bits per heavy atom. The van der Waals surface area contributed by atoms with Crippen LogP contribution in [-0.4, -0.2) is 31.7 Å². The lowest BCUT2D eigenvalue weighted by Gasteiger charge is -2.42. The Kier molecular flexibility index (Phi) is 5.74. The van der Waals surface area contributed by atoms with Crippen LogP contribution in [-0.2, 0) is 26.7 Å². The van der Waals surface area contributed by atoms with Gasteiger partial charge in [-0.15, -0.1) is 0 Å². The van der Waals surface area contributed by atoms with Crippen LogP contribution in [0.2, 0.25) is 0 Å². The fourth-order valence-electron chi connectivity index (χ4n) is 4.73. The number of nitrogens with two attached hydrogens (primary N) is 1. The molecule has 2 aliphatic rings. The average Bonchev–Trinajstić information content (AvgIpc) is 3.19. The summed E-state index contributed by atoms with van der Waals surface area (Å²) >= 11 is 0. The molecule has 192 valence electrons. The summed E-state index contributed by atoms with van der Waals surface area (Å²) in [6.07, 6.45) is 5.87. The quantitative estimate of drug-likeness (QED) is 0.249. The van der Waals surface area contributed by atoms with Crippen LogP contribution in [0.1, 0.15) is 30.5 Å². The van der Waals surface area contributed by atoms with E-state index in [0.717, 1.165) is 11.1 Å². The Morgan fingerprint density at radius 3 is 2.14 bits per heavy atom. The van der Waals surface area contributed by atoms with Gasteiger partial charge in [0, 0.05) is 23.5 Å². The molecule has 4 N–H and O–H groups in total. The average molecular weight is 540 g/mol. The van der Waals surface area contributed by atoms with Crippen LogP contribution in [0.25, 0.3) is 16.7 Å². The summed E-state index contributed by atoms with van der Waals surface area (Å²) in [5, 5.41) is 0. The fourth-order valence-corrected chi connectivity index (χ4v) is 5.76. The molecule has 37 heavy (non-hydrogen) atoms. The third-order valence-electron chi connectivity index (χ3n) is 6.94. The van der Waals surface area contributed by atoms with E-state index in [0.29, 0.717) is 28.7 Å². The van der Waals surface area contributed by atoms with E-state index in [4.69, 9.17) is 10.5 Å². The van der Waals surface area contributed by atoms with E-state index in [-0.39, 0.29) is 10.6 Å². The summed E-state index contributed by atoms with van der Waals surface area (Å²) in [6.45, 7) is 3.80. The number of ether oxygens (including phenoxy) is 1. The van der Waals surface area contributed by atoms with E-state index in [1.807, 2.05) is 56.3 Å². The highest BCUT2D eigenvalue weighted by molar-refractivity contribution is 7.86. The third-order valence-corrected chi connectivity index (χ3v) is 8.62. The molecule has 0 saturated carbocycles. The molecule has 0 aromatic heterocycles. The molecule has 3 aromatic rings. The molecule has 5 rings (SSSR count). The van der Waals surface area contributed by atoms with Gasteiger partial charge in [-0.2, -0.15) is 16.8 Å². The van der Waals surface area contributed by atoms with Crippen LogP contribution in [0.5, 0.6) is 5.75 Å². The van der Waals surface area contributed by atoms with E-state index in [1.165, 1.54) is 24.3 Å². The zero-order valence-electron chi connectivity index (χ0n) is 20.0. The second kappa shape index (κ2) is 8.37.